The minimum atomic E-state index is -3.32. The Morgan fingerprint density at radius 1 is 1.30 bits per heavy atom. The van der Waals surface area contributed by atoms with E-state index in [9.17, 15) is 28.1 Å². The standard InChI is InChI=1S/C13H17N3O6S/c1-9(17)14-11(7-8-23(2,21)22)13(18)15-10-5-3-4-6-12(10)16(19)20/h3-6,11H,7-8H2,1-2H3,(H,14,17)(H,15,18). The number of hydrogen-bond acceptors (Lipinski definition) is 6. The zero-order chi connectivity index (χ0) is 17.6. The number of sulfone groups is 1. The van der Waals surface area contributed by atoms with Crippen LogP contribution in [-0.2, 0) is 19.4 Å². The van der Waals surface area contributed by atoms with E-state index < -0.39 is 32.6 Å². The van der Waals surface area contributed by atoms with E-state index in [-0.39, 0.29) is 23.5 Å². The summed E-state index contributed by atoms with van der Waals surface area (Å²) in [6.07, 6.45) is 0.878. The van der Waals surface area contributed by atoms with E-state index in [1.165, 1.54) is 31.2 Å². The van der Waals surface area contributed by atoms with Crippen LogP contribution in [0.4, 0.5) is 11.4 Å². The zero-order valence-corrected chi connectivity index (χ0v) is 13.4. The molecular formula is C13H17N3O6S. The van der Waals surface area contributed by atoms with E-state index in [1.54, 1.807) is 0 Å². The molecule has 0 aliphatic carbocycles. The van der Waals surface area contributed by atoms with Gasteiger partial charge >= 0.3 is 0 Å². The Morgan fingerprint density at radius 3 is 2.43 bits per heavy atom. The Bertz CT molecular complexity index is 716. The average Bonchev–Trinajstić information content (AvgIpc) is 2.42. The number of nitrogens with zero attached hydrogens (tertiary/aromatic N) is 1. The molecule has 23 heavy (non-hydrogen) atoms. The van der Waals surface area contributed by atoms with E-state index >= 15 is 0 Å². The molecule has 0 bridgehead atoms. The Balaban J connectivity index is 2.93. The minimum Gasteiger partial charge on any atom is -0.345 e. The second-order valence-electron chi connectivity index (χ2n) is 4.94. The van der Waals surface area contributed by atoms with E-state index in [0.717, 1.165) is 6.26 Å². The lowest BCUT2D eigenvalue weighted by Crippen LogP contribution is -2.44. The van der Waals surface area contributed by atoms with Crippen molar-refractivity contribution in [2.45, 2.75) is 19.4 Å². The maximum Gasteiger partial charge on any atom is 0.292 e. The number of benzene rings is 1. The number of carbonyl (C=O) groups excluding carboxylic acids is 2. The predicted octanol–water partition coefficient (Wildman–Crippen LogP) is 0.473. The molecule has 0 saturated heterocycles. The van der Waals surface area contributed by atoms with Crippen molar-refractivity contribution >= 4 is 33.0 Å². The van der Waals surface area contributed by atoms with Crippen LogP contribution in [0.2, 0.25) is 0 Å². The molecule has 1 aromatic rings. The molecule has 0 radical (unpaired) electrons. The lowest BCUT2D eigenvalue weighted by molar-refractivity contribution is -0.383. The van der Waals surface area contributed by atoms with Crippen molar-refractivity contribution in [3.8, 4) is 0 Å². The number of hydrogen-bond donors (Lipinski definition) is 2. The summed E-state index contributed by atoms with van der Waals surface area (Å²) in [5.41, 5.74) is -0.331. The van der Waals surface area contributed by atoms with Crippen molar-refractivity contribution < 1.29 is 22.9 Å². The first-order valence-corrected chi connectivity index (χ1v) is 8.65. The van der Waals surface area contributed by atoms with Crippen LogP contribution in [0.3, 0.4) is 0 Å². The van der Waals surface area contributed by atoms with Crippen molar-refractivity contribution in [2.24, 2.45) is 0 Å². The molecule has 126 valence electrons. The van der Waals surface area contributed by atoms with Crippen LogP contribution in [0.1, 0.15) is 13.3 Å². The normalized spacial score (nSPS) is 12.3. The van der Waals surface area contributed by atoms with Crippen molar-refractivity contribution in [1.82, 2.24) is 5.32 Å². The maximum atomic E-state index is 12.2. The van der Waals surface area contributed by atoms with Crippen LogP contribution in [0, 0.1) is 10.1 Å². The number of nitro benzene ring substituents is 1. The lowest BCUT2D eigenvalue weighted by atomic mass is 10.2. The Kier molecular flexibility index (Phi) is 6.19. The molecule has 0 saturated carbocycles. The number of anilines is 1. The first-order valence-electron chi connectivity index (χ1n) is 6.59. The summed E-state index contributed by atoms with van der Waals surface area (Å²) >= 11 is 0. The zero-order valence-electron chi connectivity index (χ0n) is 12.6. The topological polar surface area (TPSA) is 135 Å². The van der Waals surface area contributed by atoms with Crippen molar-refractivity contribution in [3.63, 3.8) is 0 Å². The number of nitrogens with one attached hydrogen (secondary N) is 2. The van der Waals surface area contributed by atoms with Crippen LogP contribution in [0.25, 0.3) is 0 Å². The van der Waals surface area contributed by atoms with Crippen LogP contribution in [0.5, 0.6) is 0 Å². The monoisotopic (exact) mass is 343 g/mol. The SMILES string of the molecule is CC(=O)NC(CCS(C)(=O)=O)C(=O)Nc1ccccc1[N+](=O)[O-]. The molecule has 0 fully saturated rings. The molecule has 9 nitrogen and oxygen atoms in total. The summed E-state index contributed by atoms with van der Waals surface area (Å²) in [6, 6.07) is 4.41. The van der Waals surface area contributed by atoms with Gasteiger partial charge in [-0.15, -0.1) is 0 Å². The van der Waals surface area contributed by atoms with Gasteiger partial charge in [0.05, 0.1) is 10.7 Å². The second-order valence-corrected chi connectivity index (χ2v) is 7.19. The minimum absolute atomic E-state index is 0.0304. The van der Waals surface area contributed by atoms with Gasteiger partial charge in [0.15, 0.2) is 0 Å². The summed E-state index contributed by atoms with van der Waals surface area (Å²) in [7, 11) is -3.32. The third kappa shape index (κ3) is 6.43. The highest BCUT2D eigenvalue weighted by atomic mass is 32.2. The molecule has 1 rings (SSSR count). The predicted molar refractivity (Wildman–Crippen MR) is 83.7 cm³/mol. The fraction of sp³-hybridized carbons (Fsp3) is 0.385. The molecule has 1 aromatic carbocycles. The molecule has 0 spiro atoms. The Morgan fingerprint density at radius 2 is 1.91 bits per heavy atom. The highest BCUT2D eigenvalue weighted by molar-refractivity contribution is 7.90. The molecule has 2 amide bonds. The van der Waals surface area contributed by atoms with Gasteiger partial charge in [-0.05, 0) is 12.5 Å². The smallest absolute Gasteiger partial charge is 0.292 e. The van der Waals surface area contributed by atoms with Crippen LogP contribution in [0.15, 0.2) is 24.3 Å². The Labute approximate surface area is 133 Å². The number of rotatable bonds is 7. The maximum absolute atomic E-state index is 12.2. The molecule has 1 unspecified atom stereocenters. The third-order valence-electron chi connectivity index (χ3n) is 2.83. The highest BCUT2D eigenvalue weighted by Gasteiger charge is 2.23. The molecule has 0 aliphatic rings. The Hall–Kier alpha value is -2.49. The van der Waals surface area contributed by atoms with Gasteiger partial charge in [0.1, 0.15) is 21.6 Å². The quantitative estimate of drug-likeness (QED) is 0.546. The van der Waals surface area contributed by atoms with Gasteiger partial charge in [-0.1, -0.05) is 12.1 Å². The summed E-state index contributed by atoms with van der Waals surface area (Å²) in [5, 5.41) is 15.6. The number of carbonyl (C=O) groups is 2. The first kappa shape index (κ1) is 18.6. The molecule has 0 aromatic heterocycles. The van der Waals surface area contributed by atoms with E-state index in [1.807, 2.05) is 0 Å². The van der Waals surface area contributed by atoms with Gasteiger partial charge < -0.3 is 10.6 Å². The fourth-order valence-corrected chi connectivity index (χ4v) is 2.47. The molecule has 0 aliphatic heterocycles. The molecule has 1 atom stereocenters. The summed E-state index contributed by atoms with van der Waals surface area (Å²) in [6.45, 7) is 1.19. The van der Waals surface area contributed by atoms with Gasteiger partial charge in [0.25, 0.3) is 5.69 Å². The third-order valence-corrected chi connectivity index (χ3v) is 3.81. The number of para-hydroxylation sites is 2. The highest BCUT2D eigenvalue weighted by Crippen LogP contribution is 2.23. The van der Waals surface area contributed by atoms with Crippen molar-refractivity contribution in [1.29, 1.82) is 0 Å². The average molecular weight is 343 g/mol. The summed E-state index contributed by atoms with van der Waals surface area (Å²) in [4.78, 5) is 33.6. The van der Waals surface area contributed by atoms with Crippen molar-refractivity contribution in [3.05, 3.63) is 34.4 Å². The van der Waals surface area contributed by atoms with Gasteiger partial charge in [-0.2, -0.15) is 0 Å². The number of amides is 2. The van der Waals surface area contributed by atoms with E-state index in [0.29, 0.717) is 0 Å². The van der Waals surface area contributed by atoms with E-state index in [4.69, 9.17) is 0 Å². The van der Waals surface area contributed by atoms with Crippen LogP contribution < -0.4 is 10.6 Å². The fourth-order valence-electron chi connectivity index (χ4n) is 1.80. The number of nitro groups is 1. The van der Waals surface area contributed by atoms with Gasteiger partial charge in [0, 0.05) is 19.2 Å². The largest absolute Gasteiger partial charge is 0.345 e. The first-order chi connectivity index (χ1) is 10.6. The van der Waals surface area contributed by atoms with Crippen LogP contribution in [-0.4, -0.2) is 43.2 Å². The molecule has 2 N–H and O–H groups in total. The van der Waals surface area contributed by atoms with E-state index in [2.05, 4.69) is 10.6 Å². The van der Waals surface area contributed by atoms with Gasteiger partial charge in [-0.3, -0.25) is 19.7 Å². The molecule has 0 heterocycles. The lowest BCUT2D eigenvalue weighted by Gasteiger charge is -2.17. The van der Waals surface area contributed by atoms with Crippen molar-refractivity contribution in [2.75, 3.05) is 17.3 Å². The molecule has 10 heteroatoms. The van der Waals surface area contributed by atoms with Crippen LogP contribution >= 0.6 is 0 Å². The summed E-state index contributed by atoms with van der Waals surface area (Å²) in [5.74, 6) is -1.54. The molecular weight excluding hydrogens is 326 g/mol. The van der Waals surface area contributed by atoms with Gasteiger partial charge in [-0.25, -0.2) is 8.42 Å². The second kappa shape index (κ2) is 7.68. The summed E-state index contributed by atoms with van der Waals surface area (Å²) < 4.78 is 22.4. The van der Waals surface area contributed by atoms with Gasteiger partial charge in [0.2, 0.25) is 11.8 Å².